The number of allylic oxidation sites excluding steroid dienone is 2. The molecule has 23 heavy (non-hydrogen) atoms. The van der Waals surface area contributed by atoms with Crippen LogP contribution in [0.2, 0.25) is 0 Å². The average Bonchev–Trinajstić information content (AvgIpc) is 3.18. The number of ether oxygens (including phenoxy) is 1. The third-order valence-corrected chi connectivity index (χ3v) is 6.10. The molecule has 1 aromatic carbocycles. The Morgan fingerprint density at radius 2 is 1.78 bits per heavy atom. The predicted molar refractivity (Wildman–Crippen MR) is 91.4 cm³/mol. The van der Waals surface area contributed by atoms with Crippen molar-refractivity contribution in [2.24, 2.45) is 11.8 Å². The highest BCUT2D eigenvalue weighted by Crippen LogP contribution is 2.48. The van der Waals surface area contributed by atoms with Gasteiger partial charge in [-0.25, -0.2) is 4.79 Å². The van der Waals surface area contributed by atoms with E-state index in [2.05, 4.69) is 31.2 Å². The van der Waals surface area contributed by atoms with Gasteiger partial charge in [-0.05, 0) is 80.9 Å². The molecule has 2 nitrogen and oxygen atoms in total. The van der Waals surface area contributed by atoms with Gasteiger partial charge in [0.2, 0.25) is 0 Å². The number of esters is 1. The lowest BCUT2D eigenvalue weighted by Crippen LogP contribution is -2.33. The van der Waals surface area contributed by atoms with Gasteiger partial charge in [0.1, 0.15) is 5.60 Å². The second-order valence-corrected chi connectivity index (χ2v) is 7.91. The van der Waals surface area contributed by atoms with Crippen molar-refractivity contribution in [1.29, 1.82) is 0 Å². The van der Waals surface area contributed by atoms with Gasteiger partial charge in [-0.2, -0.15) is 0 Å². The monoisotopic (exact) mass is 310 g/mol. The molecule has 1 aromatic rings. The molecule has 3 atom stereocenters. The Kier molecular flexibility index (Phi) is 3.79. The summed E-state index contributed by atoms with van der Waals surface area (Å²) in [5.41, 5.74) is 1.81. The topological polar surface area (TPSA) is 26.3 Å². The first-order valence-electron chi connectivity index (χ1n) is 9.15. The highest BCUT2D eigenvalue weighted by Gasteiger charge is 2.36. The fraction of sp³-hybridized carbons (Fsp3) is 0.571. The van der Waals surface area contributed by atoms with Crippen LogP contribution < -0.4 is 0 Å². The van der Waals surface area contributed by atoms with Gasteiger partial charge in [-0.15, -0.1) is 0 Å². The van der Waals surface area contributed by atoms with Gasteiger partial charge in [0.15, 0.2) is 0 Å². The van der Waals surface area contributed by atoms with E-state index in [1.807, 2.05) is 12.1 Å². The SMILES string of the molecule is CC1(OC(=O)c2ccc(C3CC4C=CC3C4)cc2)CCCCC1. The number of rotatable bonds is 3. The first kappa shape index (κ1) is 15.0. The van der Waals surface area contributed by atoms with Gasteiger partial charge in [0.05, 0.1) is 5.56 Å². The van der Waals surface area contributed by atoms with Crippen LogP contribution in [0.1, 0.15) is 73.7 Å². The highest BCUT2D eigenvalue weighted by molar-refractivity contribution is 5.89. The zero-order valence-electron chi connectivity index (χ0n) is 14.0. The Morgan fingerprint density at radius 3 is 2.39 bits per heavy atom. The zero-order chi connectivity index (χ0) is 15.9. The molecule has 2 heteroatoms. The second kappa shape index (κ2) is 5.81. The summed E-state index contributed by atoms with van der Waals surface area (Å²) in [7, 11) is 0. The number of fused-ring (bicyclic) bond motifs is 2. The van der Waals surface area contributed by atoms with Gasteiger partial charge in [-0.3, -0.25) is 0 Å². The van der Waals surface area contributed by atoms with E-state index < -0.39 is 0 Å². The largest absolute Gasteiger partial charge is 0.456 e. The minimum Gasteiger partial charge on any atom is -0.456 e. The smallest absolute Gasteiger partial charge is 0.338 e. The van der Waals surface area contributed by atoms with Crippen LogP contribution in [-0.2, 0) is 4.74 Å². The van der Waals surface area contributed by atoms with Gasteiger partial charge in [0, 0.05) is 0 Å². The molecule has 0 N–H and O–H groups in total. The molecule has 2 saturated carbocycles. The molecular formula is C21H26O2. The molecule has 0 saturated heterocycles. The normalized spacial score (nSPS) is 31.3. The molecule has 0 amide bonds. The minimum absolute atomic E-state index is 0.159. The van der Waals surface area contributed by atoms with Gasteiger partial charge in [0.25, 0.3) is 0 Å². The molecule has 0 aliphatic heterocycles. The maximum absolute atomic E-state index is 12.4. The van der Waals surface area contributed by atoms with Gasteiger partial charge >= 0.3 is 5.97 Å². The highest BCUT2D eigenvalue weighted by atomic mass is 16.6. The Labute approximate surface area is 138 Å². The minimum atomic E-state index is -0.261. The average molecular weight is 310 g/mol. The summed E-state index contributed by atoms with van der Waals surface area (Å²) >= 11 is 0. The van der Waals surface area contributed by atoms with E-state index in [0.29, 0.717) is 17.4 Å². The van der Waals surface area contributed by atoms with Crippen molar-refractivity contribution in [1.82, 2.24) is 0 Å². The molecule has 0 aromatic heterocycles. The van der Waals surface area contributed by atoms with Crippen molar-refractivity contribution in [3.05, 3.63) is 47.5 Å². The lowest BCUT2D eigenvalue weighted by molar-refractivity contribution is -0.0269. The molecule has 2 bridgehead atoms. The van der Waals surface area contributed by atoms with E-state index in [9.17, 15) is 4.79 Å². The molecule has 3 aliphatic rings. The fourth-order valence-electron chi connectivity index (χ4n) is 4.71. The predicted octanol–water partition coefficient (Wildman–Crippen LogP) is 5.25. The lowest BCUT2D eigenvalue weighted by atomic mass is 9.86. The molecule has 0 radical (unpaired) electrons. The van der Waals surface area contributed by atoms with Gasteiger partial charge in [-0.1, -0.05) is 30.7 Å². The van der Waals surface area contributed by atoms with E-state index in [0.717, 1.165) is 18.8 Å². The Balaban J connectivity index is 1.43. The van der Waals surface area contributed by atoms with E-state index >= 15 is 0 Å². The van der Waals surface area contributed by atoms with Crippen LogP contribution in [0.3, 0.4) is 0 Å². The first-order chi connectivity index (χ1) is 11.1. The summed E-state index contributed by atoms with van der Waals surface area (Å²) < 4.78 is 5.83. The van der Waals surface area contributed by atoms with Crippen molar-refractivity contribution < 1.29 is 9.53 Å². The maximum Gasteiger partial charge on any atom is 0.338 e. The fourth-order valence-corrected chi connectivity index (χ4v) is 4.71. The summed E-state index contributed by atoms with van der Waals surface area (Å²) in [6.07, 6.45) is 12.9. The molecule has 4 rings (SSSR count). The van der Waals surface area contributed by atoms with Crippen molar-refractivity contribution in [3.8, 4) is 0 Å². The molecule has 122 valence electrons. The Hall–Kier alpha value is -1.57. The molecule has 3 unspecified atom stereocenters. The first-order valence-corrected chi connectivity index (χ1v) is 9.15. The quantitative estimate of drug-likeness (QED) is 0.563. The summed E-state index contributed by atoms with van der Waals surface area (Å²) in [5.74, 6) is 1.97. The standard InChI is InChI=1S/C21H26O2/c1-21(11-3-2-4-12-21)23-20(22)17-9-7-16(8-10-17)19-14-15-5-6-18(19)13-15/h5-10,15,18-19H,2-4,11-14H2,1H3. The molecule has 0 heterocycles. The molecule has 3 aliphatic carbocycles. The summed E-state index contributed by atoms with van der Waals surface area (Å²) in [6, 6.07) is 8.19. The van der Waals surface area contributed by atoms with Crippen LogP contribution in [0.4, 0.5) is 0 Å². The Morgan fingerprint density at radius 1 is 1.04 bits per heavy atom. The van der Waals surface area contributed by atoms with E-state index in [1.165, 1.54) is 37.7 Å². The van der Waals surface area contributed by atoms with Crippen LogP contribution in [0.15, 0.2) is 36.4 Å². The van der Waals surface area contributed by atoms with Crippen molar-refractivity contribution >= 4 is 5.97 Å². The summed E-state index contributed by atoms with van der Waals surface area (Å²) in [6.45, 7) is 2.08. The van der Waals surface area contributed by atoms with Crippen LogP contribution in [-0.4, -0.2) is 11.6 Å². The zero-order valence-corrected chi connectivity index (χ0v) is 14.0. The Bertz CT molecular complexity index is 607. The number of hydrogen-bond acceptors (Lipinski definition) is 2. The maximum atomic E-state index is 12.4. The van der Waals surface area contributed by atoms with Crippen molar-refractivity contribution in [3.63, 3.8) is 0 Å². The van der Waals surface area contributed by atoms with Crippen molar-refractivity contribution in [2.75, 3.05) is 0 Å². The summed E-state index contributed by atoms with van der Waals surface area (Å²) in [5, 5.41) is 0. The third kappa shape index (κ3) is 2.96. The van der Waals surface area contributed by atoms with Gasteiger partial charge < -0.3 is 4.74 Å². The third-order valence-electron chi connectivity index (χ3n) is 6.10. The number of benzene rings is 1. The number of hydrogen-bond donors (Lipinski definition) is 0. The summed E-state index contributed by atoms with van der Waals surface area (Å²) in [4.78, 5) is 12.4. The van der Waals surface area contributed by atoms with Crippen LogP contribution in [0, 0.1) is 11.8 Å². The lowest BCUT2D eigenvalue weighted by Gasteiger charge is -2.33. The van der Waals surface area contributed by atoms with E-state index in [1.54, 1.807) is 0 Å². The van der Waals surface area contributed by atoms with E-state index in [-0.39, 0.29) is 11.6 Å². The molecular weight excluding hydrogens is 284 g/mol. The molecule has 0 spiro atoms. The number of carbonyl (C=O) groups is 1. The van der Waals surface area contributed by atoms with Crippen LogP contribution in [0.5, 0.6) is 0 Å². The van der Waals surface area contributed by atoms with Crippen LogP contribution in [0.25, 0.3) is 0 Å². The number of carbonyl (C=O) groups excluding carboxylic acids is 1. The van der Waals surface area contributed by atoms with E-state index in [4.69, 9.17) is 4.74 Å². The van der Waals surface area contributed by atoms with Crippen molar-refractivity contribution in [2.45, 2.75) is 63.4 Å². The van der Waals surface area contributed by atoms with Crippen LogP contribution >= 0.6 is 0 Å². The second-order valence-electron chi connectivity index (χ2n) is 7.91. The molecule has 2 fully saturated rings.